The number of pyridine rings is 1. The van der Waals surface area contributed by atoms with E-state index in [0.717, 1.165) is 22.2 Å². The van der Waals surface area contributed by atoms with Crippen LogP contribution in [0.15, 0.2) is 60.7 Å². The minimum absolute atomic E-state index is 0.0969. The Morgan fingerprint density at radius 2 is 1.83 bits per heavy atom. The van der Waals surface area contributed by atoms with Crippen molar-refractivity contribution in [2.45, 2.75) is 13.0 Å². The Hall–Kier alpha value is -2.72. The summed E-state index contributed by atoms with van der Waals surface area (Å²) in [5.41, 5.74) is 3.05. The number of nitrogens with one attached hydrogen (secondary N) is 1. The molecule has 0 saturated heterocycles. The molecule has 4 nitrogen and oxygen atoms in total. The summed E-state index contributed by atoms with van der Waals surface area (Å²) in [6.07, 6.45) is 0. The number of aliphatic hydroxyl groups excluding tert-OH is 1. The lowest BCUT2D eigenvalue weighted by Gasteiger charge is -2.13. The van der Waals surface area contributed by atoms with Crippen LogP contribution in [0.4, 0.5) is 0 Å². The Bertz CT molecular complexity index is 831. The largest absolute Gasteiger partial charge is 0.394 e. The van der Waals surface area contributed by atoms with E-state index in [1.165, 1.54) is 0 Å². The van der Waals surface area contributed by atoms with Crippen molar-refractivity contribution in [2.24, 2.45) is 0 Å². The Balaban J connectivity index is 2.13. The lowest BCUT2D eigenvalue weighted by atomic mass is 10.0. The summed E-state index contributed by atoms with van der Waals surface area (Å²) < 4.78 is 0. The summed E-state index contributed by atoms with van der Waals surface area (Å²) in [6.45, 7) is 1.67. The number of carbonyl (C=O) groups is 1. The first-order valence-corrected chi connectivity index (χ1v) is 7.56. The van der Waals surface area contributed by atoms with Crippen LogP contribution in [0.25, 0.3) is 22.2 Å². The number of aromatic nitrogens is 1. The molecule has 23 heavy (non-hydrogen) atoms. The van der Waals surface area contributed by atoms with Gasteiger partial charge in [-0.05, 0) is 19.1 Å². The molecule has 0 fully saturated rings. The van der Waals surface area contributed by atoms with Crippen molar-refractivity contribution >= 4 is 16.8 Å². The van der Waals surface area contributed by atoms with E-state index >= 15 is 0 Å². The van der Waals surface area contributed by atoms with E-state index < -0.39 is 0 Å². The van der Waals surface area contributed by atoms with Gasteiger partial charge in [-0.1, -0.05) is 48.5 Å². The minimum atomic E-state index is -0.297. The van der Waals surface area contributed by atoms with E-state index in [9.17, 15) is 4.79 Å². The van der Waals surface area contributed by atoms with Crippen LogP contribution < -0.4 is 5.32 Å². The van der Waals surface area contributed by atoms with E-state index in [4.69, 9.17) is 5.11 Å². The van der Waals surface area contributed by atoms with Crippen molar-refractivity contribution in [1.82, 2.24) is 10.3 Å². The molecule has 0 bridgehead atoms. The molecule has 0 aliphatic rings. The van der Waals surface area contributed by atoms with E-state index in [1.807, 2.05) is 54.6 Å². The highest BCUT2D eigenvalue weighted by Gasteiger charge is 2.15. The Morgan fingerprint density at radius 1 is 1.13 bits per heavy atom. The average Bonchev–Trinajstić information content (AvgIpc) is 2.61. The molecule has 1 unspecified atom stereocenters. The number of nitrogens with zero attached hydrogens (tertiary/aromatic N) is 1. The van der Waals surface area contributed by atoms with Gasteiger partial charge in [0, 0.05) is 17.0 Å². The summed E-state index contributed by atoms with van der Waals surface area (Å²) in [7, 11) is 0. The number of para-hydroxylation sites is 1. The predicted octanol–water partition coefficient (Wildman–Crippen LogP) is 3.01. The average molecular weight is 306 g/mol. The molecule has 4 heteroatoms. The van der Waals surface area contributed by atoms with Crippen molar-refractivity contribution in [3.05, 3.63) is 66.2 Å². The molecular formula is C19H18N2O2. The van der Waals surface area contributed by atoms with Crippen LogP contribution in [0.2, 0.25) is 0 Å². The molecule has 3 aromatic rings. The lowest BCUT2D eigenvalue weighted by Crippen LogP contribution is -2.35. The van der Waals surface area contributed by atoms with Gasteiger partial charge < -0.3 is 10.4 Å². The third-order valence-electron chi connectivity index (χ3n) is 3.68. The first-order valence-electron chi connectivity index (χ1n) is 7.56. The number of amides is 1. The molecule has 0 saturated carbocycles. The third kappa shape index (κ3) is 3.22. The summed E-state index contributed by atoms with van der Waals surface area (Å²) in [6, 6.07) is 18.8. The van der Waals surface area contributed by atoms with Gasteiger partial charge in [0.2, 0.25) is 0 Å². The quantitative estimate of drug-likeness (QED) is 0.779. The van der Waals surface area contributed by atoms with E-state index in [-0.39, 0.29) is 18.6 Å². The fraction of sp³-hybridized carbons (Fsp3) is 0.158. The molecule has 116 valence electrons. The van der Waals surface area contributed by atoms with Crippen LogP contribution in [-0.4, -0.2) is 28.6 Å². The number of fused-ring (bicyclic) bond motifs is 1. The molecule has 0 aliphatic heterocycles. The smallest absolute Gasteiger partial charge is 0.252 e. The molecule has 0 spiro atoms. The normalized spacial score (nSPS) is 12.1. The topological polar surface area (TPSA) is 62.2 Å². The maximum atomic E-state index is 12.6. The molecular weight excluding hydrogens is 288 g/mol. The second-order valence-corrected chi connectivity index (χ2v) is 5.50. The SMILES string of the molecule is CC(CO)NC(=O)c1cc(-c2ccccc2)nc2ccccc12. The van der Waals surface area contributed by atoms with Gasteiger partial charge in [-0.15, -0.1) is 0 Å². The molecule has 2 aromatic carbocycles. The maximum Gasteiger partial charge on any atom is 0.252 e. The molecule has 1 atom stereocenters. The van der Waals surface area contributed by atoms with Gasteiger partial charge in [-0.2, -0.15) is 0 Å². The van der Waals surface area contributed by atoms with Crippen LogP contribution in [0.1, 0.15) is 17.3 Å². The number of hydrogen-bond donors (Lipinski definition) is 2. The van der Waals surface area contributed by atoms with Crippen molar-refractivity contribution in [3.63, 3.8) is 0 Å². The third-order valence-corrected chi connectivity index (χ3v) is 3.68. The van der Waals surface area contributed by atoms with Gasteiger partial charge in [0.25, 0.3) is 5.91 Å². The molecule has 2 N–H and O–H groups in total. The molecule has 1 amide bonds. The monoisotopic (exact) mass is 306 g/mol. The Kier molecular flexibility index (Phi) is 4.35. The summed E-state index contributed by atoms with van der Waals surface area (Å²) >= 11 is 0. The Morgan fingerprint density at radius 3 is 2.57 bits per heavy atom. The summed E-state index contributed by atoms with van der Waals surface area (Å²) in [5.74, 6) is -0.206. The standard InChI is InChI=1S/C19H18N2O2/c1-13(12-22)20-19(23)16-11-18(14-7-3-2-4-8-14)21-17-10-6-5-9-15(16)17/h2-11,13,22H,12H2,1H3,(H,20,23). The molecule has 1 aromatic heterocycles. The van der Waals surface area contributed by atoms with E-state index in [2.05, 4.69) is 10.3 Å². The highest BCUT2D eigenvalue weighted by atomic mass is 16.3. The zero-order valence-corrected chi connectivity index (χ0v) is 12.9. The number of hydrogen-bond acceptors (Lipinski definition) is 3. The van der Waals surface area contributed by atoms with Crippen LogP contribution in [0, 0.1) is 0 Å². The van der Waals surface area contributed by atoms with E-state index in [0.29, 0.717) is 5.56 Å². The molecule has 0 aliphatic carbocycles. The van der Waals surface area contributed by atoms with E-state index in [1.54, 1.807) is 13.0 Å². The predicted molar refractivity (Wildman–Crippen MR) is 91.2 cm³/mol. The van der Waals surface area contributed by atoms with Crippen LogP contribution >= 0.6 is 0 Å². The fourth-order valence-corrected chi connectivity index (χ4v) is 2.47. The first-order chi connectivity index (χ1) is 11.2. The number of carbonyl (C=O) groups excluding carboxylic acids is 1. The first kappa shape index (κ1) is 15.2. The van der Waals surface area contributed by atoms with Crippen molar-refractivity contribution in [1.29, 1.82) is 0 Å². The summed E-state index contributed by atoms with van der Waals surface area (Å²) in [5, 5.41) is 12.8. The maximum absolute atomic E-state index is 12.6. The fourth-order valence-electron chi connectivity index (χ4n) is 2.47. The second kappa shape index (κ2) is 6.58. The highest BCUT2D eigenvalue weighted by molar-refractivity contribution is 6.07. The van der Waals surface area contributed by atoms with Gasteiger partial charge in [-0.3, -0.25) is 4.79 Å². The van der Waals surface area contributed by atoms with Crippen molar-refractivity contribution in [3.8, 4) is 11.3 Å². The van der Waals surface area contributed by atoms with Gasteiger partial charge in [0.15, 0.2) is 0 Å². The van der Waals surface area contributed by atoms with Crippen molar-refractivity contribution < 1.29 is 9.90 Å². The molecule has 0 radical (unpaired) electrons. The number of aliphatic hydroxyl groups is 1. The highest BCUT2D eigenvalue weighted by Crippen LogP contribution is 2.24. The van der Waals surface area contributed by atoms with Crippen LogP contribution in [0.3, 0.4) is 0 Å². The second-order valence-electron chi connectivity index (χ2n) is 5.50. The van der Waals surface area contributed by atoms with Gasteiger partial charge in [0.05, 0.1) is 23.4 Å². The number of rotatable bonds is 4. The lowest BCUT2D eigenvalue weighted by molar-refractivity contribution is 0.0924. The van der Waals surface area contributed by atoms with Crippen molar-refractivity contribution in [2.75, 3.05) is 6.61 Å². The van der Waals surface area contributed by atoms with Gasteiger partial charge >= 0.3 is 0 Å². The Labute approximate surface area is 134 Å². The zero-order chi connectivity index (χ0) is 16.2. The van der Waals surface area contributed by atoms with Crippen LogP contribution in [-0.2, 0) is 0 Å². The molecule has 1 heterocycles. The number of benzene rings is 2. The van der Waals surface area contributed by atoms with Crippen LogP contribution in [0.5, 0.6) is 0 Å². The zero-order valence-electron chi connectivity index (χ0n) is 12.9. The minimum Gasteiger partial charge on any atom is -0.394 e. The van der Waals surface area contributed by atoms with Gasteiger partial charge in [-0.25, -0.2) is 4.98 Å². The summed E-state index contributed by atoms with van der Waals surface area (Å²) in [4.78, 5) is 17.2. The molecule has 3 rings (SSSR count). The van der Waals surface area contributed by atoms with Gasteiger partial charge in [0.1, 0.15) is 0 Å².